The summed E-state index contributed by atoms with van der Waals surface area (Å²) < 4.78 is 19.0. The predicted molar refractivity (Wildman–Crippen MR) is 153 cm³/mol. The van der Waals surface area contributed by atoms with E-state index >= 15 is 0 Å². The number of carbonyl (C=O) groups excluding carboxylic acids is 1. The van der Waals surface area contributed by atoms with Crippen LogP contribution in [0.25, 0.3) is 28.2 Å². The molecule has 188 valence electrons. The van der Waals surface area contributed by atoms with Gasteiger partial charge in [0, 0.05) is 16.3 Å². The Balaban J connectivity index is 1.45. The lowest BCUT2D eigenvalue weighted by Gasteiger charge is -2.18. The van der Waals surface area contributed by atoms with Crippen LogP contribution in [0.1, 0.15) is 38.2 Å². The van der Waals surface area contributed by atoms with Crippen molar-refractivity contribution in [1.29, 1.82) is 0 Å². The maximum atomic E-state index is 13.6. The molecule has 2 aliphatic rings. The largest absolute Gasteiger partial charge is 0.487 e. The highest BCUT2D eigenvalue weighted by Crippen LogP contribution is 2.51. The van der Waals surface area contributed by atoms with Gasteiger partial charge < -0.3 is 14.2 Å². The Morgan fingerprint density at radius 1 is 0.564 bits per heavy atom. The fourth-order valence-corrected chi connectivity index (χ4v) is 5.28. The third-order valence-electron chi connectivity index (χ3n) is 7.12. The van der Waals surface area contributed by atoms with Crippen molar-refractivity contribution >= 4 is 34.2 Å². The maximum Gasteiger partial charge on any atom is 0.348 e. The Labute approximate surface area is 226 Å². The van der Waals surface area contributed by atoms with Gasteiger partial charge in [0.25, 0.3) is 0 Å². The van der Waals surface area contributed by atoms with Gasteiger partial charge in [-0.3, -0.25) is 0 Å². The molecule has 1 aliphatic heterocycles. The van der Waals surface area contributed by atoms with E-state index in [0.717, 1.165) is 38.6 Å². The van der Waals surface area contributed by atoms with Crippen LogP contribution in [-0.4, -0.2) is 5.97 Å². The van der Waals surface area contributed by atoms with Crippen molar-refractivity contribution < 1.29 is 19.0 Å². The quantitative estimate of drug-likeness (QED) is 0.218. The summed E-state index contributed by atoms with van der Waals surface area (Å²) in [6.45, 7) is 0.675. The zero-order chi connectivity index (χ0) is 26.2. The molecule has 0 saturated carbocycles. The van der Waals surface area contributed by atoms with Gasteiger partial charge in [0.05, 0.1) is 5.56 Å². The summed E-state index contributed by atoms with van der Waals surface area (Å²) in [6, 6.07) is 35.9. The first-order valence-electron chi connectivity index (χ1n) is 12.9. The van der Waals surface area contributed by atoms with Crippen molar-refractivity contribution in [1.82, 2.24) is 0 Å². The van der Waals surface area contributed by atoms with Gasteiger partial charge in [0.15, 0.2) is 5.76 Å². The van der Waals surface area contributed by atoms with Gasteiger partial charge in [-0.25, -0.2) is 4.79 Å². The zero-order valence-corrected chi connectivity index (χ0v) is 21.1. The van der Waals surface area contributed by atoms with Crippen LogP contribution in [-0.2, 0) is 18.0 Å². The van der Waals surface area contributed by atoms with Gasteiger partial charge >= 0.3 is 5.97 Å². The minimum absolute atomic E-state index is 0.323. The molecule has 0 unspecified atom stereocenters. The van der Waals surface area contributed by atoms with Crippen LogP contribution in [0.3, 0.4) is 0 Å². The van der Waals surface area contributed by atoms with E-state index in [0.29, 0.717) is 41.6 Å². The van der Waals surface area contributed by atoms with Gasteiger partial charge in [-0.15, -0.1) is 0 Å². The number of hydrogen-bond acceptors (Lipinski definition) is 4. The summed E-state index contributed by atoms with van der Waals surface area (Å²) in [5.74, 6) is 1.17. The minimum Gasteiger partial charge on any atom is -0.487 e. The van der Waals surface area contributed by atoms with Gasteiger partial charge in [-0.1, -0.05) is 115 Å². The van der Waals surface area contributed by atoms with Crippen LogP contribution >= 0.6 is 0 Å². The molecular formula is C35H24O4. The molecule has 1 aliphatic carbocycles. The van der Waals surface area contributed by atoms with Gasteiger partial charge in [0.1, 0.15) is 30.3 Å². The van der Waals surface area contributed by atoms with Crippen molar-refractivity contribution in [3.8, 4) is 11.5 Å². The minimum atomic E-state index is -0.441. The van der Waals surface area contributed by atoms with E-state index in [-0.39, 0.29) is 0 Å². The lowest BCUT2D eigenvalue weighted by atomic mass is 9.95. The molecule has 5 aromatic carbocycles. The predicted octanol–water partition coefficient (Wildman–Crippen LogP) is 8.06. The number of allylic oxidation sites excluding steroid dienone is 2. The number of cyclic esters (lactones) is 1. The van der Waals surface area contributed by atoms with Crippen molar-refractivity contribution in [2.75, 3.05) is 0 Å². The Morgan fingerprint density at radius 2 is 1.10 bits per heavy atom. The first-order chi connectivity index (χ1) is 19.3. The standard InChI is InChI=1S/C35H24O4/c36-35-31-30(34(39-35)29-20-19-25-15-7-8-16-26(25)29)32(37-21-23-11-3-1-4-12-23)27-17-9-10-18-28(27)33(31)38-22-24-13-5-2-6-14-24/h1-20H,21-22H2/b34-29-. The summed E-state index contributed by atoms with van der Waals surface area (Å²) in [4.78, 5) is 13.6. The average Bonchev–Trinajstić information content (AvgIpc) is 3.57. The average molecular weight is 509 g/mol. The van der Waals surface area contributed by atoms with E-state index < -0.39 is 5.97 Å². The van der Waals surface area contributed by atoms with Gasteiger partial charge in [0.2, 0.25) is 0 Å². The first-order valence-corrected chi connectivity index (χ1v) is 12.9. The molecule has 0 aromatic heterocycles. The highest BCUT2D eigenvalue weighted by atomic mass is 16.5. The van der Waals surface area contributed by atoms with Crippen molar-refractivity contribution in [3.05, 3.63) is 149 Å². The number of carbonyl (C=O) groups is 1. The molecule has 5 aromatic rings. The lowest BCUT2D eigenvalue weighted by molar-refractivity contribution is 0.0712. The van der Waals surface area contributed by atoms with Crippen LogP contribution < -0.4 is 9.47 Å². The molecule has 0 N–H and O–H groups in total. The molecule has 0 amide bonds. The van der Waals surface area contributed by atoms with E-state index in [4.69, 9.17) is 14.2 Å². The number of ether oxygens (including phenoxy) is 3. The first kappa shape index (κ1) is 23.1. The molecule has 0 atom stereocenters. The fourth-order valence-electron chi connectivity index (χ4n) is 5.28. The number of benzene rings is 5. The van der Waals surface area contributed by atoms with E-state index in [9.17, 15) is 4.79 Å². The maximum absolute atomic E-state index is 13.6. The number of rotatable bonds is 6. The zero-order valence-electron chi connectivity index (χ0n) is 21.1. The van der Waals surface area contributed by atoms with Crippen molar-refractivity contribution in [2.45, 2.75) is 13.2 Å². The van der Waals surface area contributed by atoms with Crippen molar-refractivity contribution in [3.63, 3.8) is 0 Å². The van der Waals surface area contributed by atoms with E-state index in [2.05, 4.69) is 6.07 Å². The van der Waals surface area contributed by atoms with Crippen molar-refractivity contribution in [2.24, 2.45) is 0 Å². The Kier molecular flexibility index (Phi) is 5.71. The lowest BCUT2D eigenvalue weighted by Crippen LogP contribution is -2.05. The van der Waals surface area contributed by atoms with Crippen LogP contribution in [0.15, 0.2) is 115 Å². The SMILES string of the molecule is O=C1O/C(=C2/C=Cc3ccccc32)c2c1c(OCc1ccccc1)c1ccccc1c2OCc1ccccc1. The van der Waals surface area contributed by atoms with Crippen LogP contribution in [0, 0.1) is 0 Å². The summed E-state index contributed by atoms with van der Waals surface area (Å²) in [5.41, 5.74) is 6.02. The highest BCUT2D eigenvalue weighted by Gasteiger charge is 2.39. The summed E-state index contributed by atoms with van der Waals surface area (Å²) in [5, 5.41) is 1.67. The molecule has 1 heterocycles. The smallest absolute Gasteiger partial charge is 0.348 e. The fraction of sp³-hybridized carbons (Fsp3) is 0.0571. The van der Waals surface area contributed by atoms with Crippen LogP contribution in [0.2, 0.25) is 0 Å². The summed E-state index contributed by atoms with van der Waals surface area (Å²) in [6.07, 6.45) is 4.05. The summed E-state index contributed by atoms with van der Waals surface area (Å²) >= 11 is 0. The van der Waals surface area contributed by atoms with Crippen LogP contribution in [0.5, 0.6) is 11.5 Å². The van der Waals surface area contributed by atoms with E-state index in [1.807, 2.05) is 115 Å². The molecule has 7 rings (SSSR count). The highest BCUT2D eigenvalue weighted by molar-refractivity contribution is 6.18. The van der Waals surface area contributed by atoms with Gasteiger partial charge in [-0.2, -0.15) is 0 Å². The third kappa shape index (κ3) is 4.07. The van der Waals surface area contributed by atoms with E-state index in [1.165, 1.54) is 0 Å². The van der Waals surface area contributed by atoms with E-state index in [1.54, 1.807) is 0 Å². The summed E-state index contributed by atoms with van der Waals surface area (Å²) in [7, 11) is 0. The van der Waals surface area contributed by atoms with Gasteiger partial charge in [-0.05, 0) is 28.3 Å². The molecule has 0 bridgehead atoms. The normalized spacial score (nSPS) is 15.2. The molecule has 0 spiro atoms. The molecule has 0 radical (unpaired) electrons. The number of fused-ring (bicyclic) bond motifs is 3. The monoisotopic (exact) mass is 508 g/mol. The topological polar surface area (TPSA) is 44.8 Å². The Bertz CT molecular complexity index is 1780. The number of esters is 1. The Morgan fingerprint density at radius 3 is 1.74 bits per heavy atom. The second-order valence-electron chi connectivity index (χ2n) is 9.56. The molecular weight excluding hydrogens is 484 g/mol. The van der Waals surface area contributed by atoms with Crippen LogP contribution in [0.4, 0.5) is 0 Å². The molecule has 39 heavy (non-hydrogen) atoms. The molecule has 0 saturated heterocycles. The molecule has 0 fully saturated rings. The third-order valence-corrected chi connectivity index (χ3v) is 7.12. The molecule has 4 nitrogen and oxygen atoms in total. The second-order valence-corrected chi connectivity index (χ2v) is 9.56. The molecule has 4 heteroatoms. The number of hydrogen-bond donors (Lipinski definition) is 0. The second kappa shape index (κ2) is 9.66. The Hall–Kier alpha value is -5.09.